The summed E-state index contributed by atoms with van der Waals surface area (Å²) in [5.41, 5.74) is 2.62. The Bertz CT molecular complexity index is 920. The first-order valence-corrected chi connectivity index (χ1v) is 9.43. The summed E-state index contributed by atoms with van der Waals surface area (Å²) >= 11 is 1.58. The van der Waals surface area contributed by atoms with Gasteiger partial charge in [-0.15, -0.1) is 11.3 Å². The molecular weight excluding hydrogens is 365 g/mol. The van der Waals surface area contributed by atoms with Crippen molar-refractivity contribution in [1.29, 1.82) is 0 Å². The van der Waals surface area contributed by atoms with E-state index in [9.17, 15) is 9.18 Å². The lowest BCUT2D eigenvalue weighted by Gasteiger charge is -2.09. The number of ether oxygens (including phenoxy) is 1. The van der Waals surface area contributed by atoms with E-state index in [1.807, 2.05) is 6.92 Å². The second kappa shape index (κ2) is 8.31. The quantitative estimate of drug-likeness (QED) is 0.617. The van der Waals surface area contributed by atoms with Crippen molar-refractivity contribution in [3.63, 3.8) is 0 Å². The van der Waals surface area contributed by atoms with Crippen LogP contribution in [0.25, 0.3) is 10.6 Å². The average molecular weight is 385 g/mol. The van der Waals surface area contributed by atoms with Gasteiger partial charge in [0.15, 0.2) is 0 Å². The van der Waals surface area contributed by atoms with Crippen LogP contribution in [0.3, 0.4) is 0 Å². The minimum Gasteiger partial charge on any atom is -0.493 e. The number of halogens is 1. The standard InChI is InChI=1S/C21H20FNO3S/c1-13(21(24)25)15-5-9-18(10-6-15)26-12-11-19-14(2)27-20(23-19)16-3-7-17(22)8-4-16/h3-10,13H,11-12H2,1-2H3,(H,24,25). The van der Waals surface area contributed by atoms with Gasteiger partial charge < -0.3 is 9.84 Å². The van der Waals surface area contributed by atoms with Gasteiger partial charge in [0.2, 0.25) is 0 Å². The number of hydrogen-bond acceptors (Lipinski definition) is 4. The van der Waals surface area contributed by atoms with Crippen molar-refractivity contribution >= 4 is 17.3 Å². The molecule has 27 heavy (non-hydrogen) atoms. The number of hydrogen-bond donors (Lipinski definition) is 1. The van der Waals surface area contributed by atoms with Gasteiger partial charge in [0.05, 0.1) is 18.2 Å². The smallest absolute Gasteiger partial charge is 0.310 e. The summed E-state index contributed by atoms with van der Waals surface area (Å²) in [5.74, 6) is -0.950. The van der Waals surface area contributed by atoms with Gasteiger partial charge >= 0.3 is 5.97 Å². The molecule has 6 heteroatoms. The van der Waals surface area contributed by atoms with Gasteiger partial charge in [0.1, 0.15) is 16.6 Å². The first kappa shape index (κ1) is 19.0. The number of rotatable bonds is 7. The normalized spacial score (nSPS) is 12.0. The van der Waals surface area contributed by atoms with Gasteiger partial charge in [-0.2, -0.15) is 0 Å². The predicted octanol–water partition coefficient (Wildman–Crippen LogP) is 5.07. The minimum atomic E-state index is -0.848. The maximum atomic E-state index is 13.1. The van der Waals surface area contributed by atoms with E-state index in [0.717, 1.165) is 26.7 Å². The van der Waals surface area contributed by atoms with Crippen molar-refractivity contribution in [3.05, 3.63) is 70.5 Å². The molecule has 0 saturated heterocycles. The Kier molecular flexibility index (Phi) is 5.86. The van der Waals surface area contributed by atoms with Crippen molar-refractivity contribution in [1.82, 2.24) is 4.98 Å². The maximum Gasteiger partial charge on any atom is 0.310 e. The molecular formula is C21H20FNO3S. The molecule has 3 rings (SSSR count). The topological polar surface area (TPSA) is 59.4 Å². The SMILES string of the molecule is Cc1sc(-c2ccc(F)cc2)nc1CCOc1ccc(C(C)C(=O)O)cc1. The molecule has 1 heterocycles. The molecule has 0 saturated carbocycles. The fraction of sp³-hybridized carbons (Fsp3) is 0.238. The molecule has 2 aromatic carbocycles. The highest BCUT2D eigenvalue weighted by atomic mass is 32.1. The van der Waals surface area contributed by atoms with Crippen LogP contribution in [-0.4, -0.2) is 22.7 Å². The molecule has 0 fully saturated rings. The molecule has 0 amide bonds. The molecule has 0 bridgehead atoms. The fourth-order valence-corrected chi connectivity index (χ4v) is 3.60. The van der Waals surface area contributed by atoms with E-state index in [-0.39, 0.29) is 5.82 Å². The van der Waals surface area contributed by atoms with Crippen LogP contribution in [0.4, 0.5) is 4.39 Å². The van der Waals surface area contributed by atoms with Crippen LogP contribution in [0.15, 0.2) is 48.5 Å². The van der Waals surface area contributed by atoms with Gasteiger partial charge in [-0.25, -0.2) is 9.37 Å². The maximum absolute atomic E-state index is 13.1. The number of thiazole rings is 1. The molecule has 0 aliphatic heterocycles. The monoisotopic (exact) mass is 385 g/mol. The van der Waals surface area contributed by atoms with Gasteiger partial charge in [-0.1, -0.05) is 12.1 Å². The van der Waals surface area contributed by atoms with Crippen LogP contribution in [0.2, 0.25) is 0 Å². The second-order valence-corrected chi connectivity index (χ2v) is 7.46. The Morgan fingerprint density at radius 2 is 1.85 bits per heavy atom. The molecule has 0 aliphatic carbocycles. The Balaban J connectivity index is 1.59. The summed E-state index contributed by atoms with van der Waals surface area (Å²) in [7, 11) is 0. The van der Waals surface area contributed by atoms with Crippen molar-refractivity contribution in [2.75, 3.05) is 6.61 Å². The second-order valence-electron chi connectivity index (χ2n) is 6.26. The lowest BCUT2D eigenvalue weighted by Crippen LogP contribution is -2.07. The number of aliphatic carboxylic acids is 1. The molecule has 1 aromatic heterocycles. The van der Waals surface area contributed by atoms with Crippen molar-refractivity contribution < 1.29 is 19.0 Å². The Hall–Kier alpha value is -2.73. The third kappa shape index (κ3) is 4.71. The minimum absolute atomic E-state index is 0.260. The van der Waals surface area contributed by atoms with E-state index in [1.54, 1.807) is 54.7 Å². The van der Waals surface area contributed by atoms with E-state index in [4.69, 9.17) is 9.84 Å². The number of benzene rings is 2. The molecule has 1 N–H and O–H groups in total. The zero-order valence-corrected chi connectivity index (χ0v) is 15.9. The number of carboxylic acids is 1. The van der Waals surface area contributed by atoms with Crippen LogP contribution >= 0.6 is 11.3 Å². The summed E-state index contributed by atoms with van der Waals surface area (Å²) in [4.78, 5) is 16.8. The Morgan fingerprint density at radius 1 is 1.19 bits per heavy atom. The van der Waals surface area contributed by atoms with Crippen LogP contribution in [-0.2, 0) is 11.2 Å². The van der Waals surface area contributed by atoms with Gasteiger partial charge in [0.25, 0.3) is 0 Å². The summed E-state index contributed by atoms with van der Waals surface area (Å²) in [6.07, 6.45) is 0.664. The number of aromatic nitrogens is 1. The molecule has 4 nitrogen and oxygen atoms in total. The van der Waals surface area contributed by atoms with Crippen molar-refractivity contribution in [2.24, 2.45) is 0 Å². The first-order chi connectivity index (χ1) is 12.9. The molecule has 1 unspecified atom stereocenters. The summed E-state index contributed by atoms with van der Waals surface area (Å²) < 4.78 is 18.8. The fourth-order valence-electron chi connectivity index (χ4n) is 2.64. The lowest BCUT2D eigenvalue weighted by molar-refractivity contribution is -0.138. The number of aryl methyl sites for hydroxylation is 1. The van der Waals surface area contributed by atoms with Crippen LogP contribution in [0, 0.1) is 12.7 Å². The van der Waals surface area contributed by atoms with Crippen LogP contribution < -0.4 is 4.74 Å². The predicted molar refractivity (Wildman–Crippen MR) is 104 cm³/mol. The molecule has 3 aromatic rings. The van der Waals surface area contributed by atoms with Gasteiger partial charge in [-0.3, -0.25) is 4.79 Å². The third-order valence-electron chi connectivity index (χ3n) is 4.34. The van der Waals surface area contributed by atoms with E-state index >= 15 is 0 Å². The Morgan fingerprint density at radius 3 is 2.48 bits per heavy atom. The van der Waals surface area contributed by atoms with Gasteiger partial charge in [-0.05, 0) is 55.8 Å². The number of carboxylic acid groups (broad SMARTS) is 1. The zero-order valence-electron chi connectivity index (χ0n) is 15.1. The average Bonchev–Trinajstić information content (AvgIpc) is 3.03. The van der Waals surface area contributed by atoms with Gasteiger partial charge in [0, 0.05) is 16.9 Å². The summed E-state index contributed by atoms with van der Waals surface area (Å²) in [5, 5.41) is 9.91. The number of carbonyl (C=O) groups is 1. The highest BCUT2D eigenvalue weighted by Crippen LogP contribution is 2.28. The molecule has 0 radical (unpaired) electrons. The highest BCUT2D eigenvalue weighted by molar-refractivity contribution is 7.15. The zero-order chi connectivity index (χ0) is 19.4. The lowest BCUT2D eigenvalue weighted by atomic mass is 10.0. The Labute approximate surface area is 161 Å². The van der Waals surface area contributed by atoms with E-state index in [0.29, 0.717) is 18.8 Å². The van der Waals surface area contributed by atoms with E-state index < -0.39 is 11.9 Å². The first-order valence-electron chi connectivity index (χ1n) is 8.62. The molecule has 0 spiro atoms. The molecule has 140 valence electrons. The molecule has 0 aliphatic rings. The summed E-state index contributed by atoms with van der Waals surface area (Å²) in [6, 6.07) is 13.4. The number of nitrogens with zero attached hydrogens (tertiary/aromatic N) is 1. The molecule has 1 atom stereocenters. The third-order valence-corrected chi connectivity index (χ3v) is 5.40. The van der Waals surface area contributed by atoms with E-state index in [2.05, 4.69) is 4.98 Å². The van der Waals surface area contributed by atoms with Crippen LogP contribution in [0.5, 0.6) is 5.75 Å². The van der Waals surface area contributed by atoms with Crippen molar-refractivity contribution in [2.45, 2.75) is 26.2 Å². The highest BCUT2D eigenvalue weighted by Gasteiger charge is 2.13. The van der Waals surface area contributed by atoms with Crippen LogP contribution in [0.1, 0.15) is 29.0 Å². The largest absolute Gasteiger partial charge is 0.493 e. The summed E-state index contributed by atoms with van der Waals surface area (Å²) in [6.45, 7) is 4.14. The van der Waals surface area contributed by atoms with E-state index in [1.165, 1.54) is 12.1 Å². The van der Waals surface area contributed by atoms with Crippen molar-refractivity contribution in [3.8, 4) is 16.3 Å².